The Balaban J connectivity index is 4.12. The number of phosphoric ester groups is 1. The molecule has 0 bridgehead atoms. The highest BCUT2D eigenvalue weighted by atomic mass is 31.2. The zero-order chi connectivity index (χ0) is 47.1. The first kappa shape index (κ1) is 63.2. The number of phosphoric acid groups is 1. The van der Waals surface area contributed by atoms with Crippen LogP contribution >= 0.6 is 7.82 Å². The molecule has 9 heteroatoms. The van der Waals surface area contributed by atoms with Gasteiger partial charge in [0.05, 0.1) is 39.9 Å². The summed E-state index contributed by atoms with van der Waals surface area (Å²) in [4.78, 5) is 25.5. The monoisotopic (exact) mass is 927 g/mol. The number of allylic oxidation sites excluding steroid dienone is 2. The molecule has 0 radical (unpaired) electrons. The summed E-state index contributed by atoms with van der Waals surface area (Å²) in [5.41, 5.74) is 0. The Hall–Kier alpha value is -0.760. The number of aliphatic hydroxyl groups excluding tert-OH is 1. The second-order valence-electron chi connectivity index (χ2n) is 20.6. The zero-order valence-corrected chi connectivity index (χ0v) is 44.4. The van der Waals surface area contributed by atoms with Gasteiger partial charge < -0.3 is 28.8 Å². The van der Waals surface area contributed by atoms with Crippen LogP contribution in [0, 0.1) is 0 Å². The molecule has 0 aliphatic heterocycles. The number of likely N-dealkylation sites (N-methyl/N-ethyl adjacent to an activating group) is 1. The van der Waals surface area contributed by atoms with E-state index in [2.05, 4.69) is 31.3 Å². The van der Waals surface area contributed by atoms with Crippen molar-refractivity contribution in [2.75, 3.05) is 40.9 Å². The molecule has 0 aromatic carbocycles. The van der Waals surface area contributed by atoms with Gasteiger partial charge in [0.25, 0.3) is 7.82 Å². The molecule has 2 N–H and O–H groups in total. The van der Waals surface area contributed by atoms with Crippen LogP contribution in [0.5, 0.6) is 0 Å². The smallest absolute Gasteiger partial charge is 0.268 e. The highest BCUT2D eigenvalue weighted by molar-refractivity contribution is 7.45. The largest absolute Gasteiger partial charge is 0.756 e. The summed E-state index contributed by atoms with van der Waals surface area (Å²) in [6.07, 6.45) is 56.6. The van der Waals surface area contributed by atoms with Crippen molar-refractivity contribution in [1.82, 2.24) is 5.32 Å². The molecule has 382 valence electrons. The van der Waals surface area contributed by atoms with Gasteiger partial charge in [-0.3, -0.25) is 9.36 Å². The van der Waals surface area contributed by atoms with Gasteiger partial charge in [0, 0.05) is 6.42 Å². The van der Waals surface area contributed by atoms with Crippen molar-refractivity contribution in [1.29, 1.82) is 0 Å². The minimum Gasteiger partial charge on any atom is -0.756 e. The molecule has 0 rings (SSSR count). The maximum atomic E-state index is 13.0. The van der Waals surface area contributed by atoms with Crippen LogP contribution in [0.4, 0.5) is 0 Å². The van der Waals surface area contributed by atoms with Crippen molar-refractivity contribution in [3.05, 3.63) is 12.2 Å². The van der Waals surface area contributed by atoms with E-state index >= 15 is 0 Å². The van der Waals surface area contributed by atoms with Crippen molar-refractivity contribution in [3.63, 3.8) is 0 Å². The number of hydrogen-bond donors (Lipinski definition) is 2. The fourth-order valence-electron chi connectivity index (χ4n) is 8.57. The predicted molar refractivity (Wildman–Crippen MR) is 275 cm³/mol. The summed E-state index contributed by atoms with van der Waals surface area (Å²) < 4.78 is 23.4. The molecule has 0 spiro atoms. The predicted octanol–water partition coefficient (Wildman–Crippen LogP) is 16.0. The van der Waals surface area contributed by atoms with Gasteiger partial charge >= 0.3 is 0 Å². The normalized spacial score (nSPS) is 14.0. The molecule has 64 heavy (non-hydrogen) atoms. The summed E-state index contributed by atoms with van der Waals surface area (Å²) in [6, 6.07) is -0.798. The lowest BCUT2D eigenvalue weighted by Gasteiger charge is -2.30. The van der Waals surface area contributed by atoms with Gasteiger partial charge in [-0.1, -0.05) is 251 Å². The number of amides is 1. The molecular formula is C55H111N2O6P. The van der Waals surface area contributed by atoms with E-state index in [1.165, 1.54) is 218 Å². The lowest BCUT2D eigenvalue weighted by molar-refractivity contribution is -0.870. The summed E-state index contributed by atoms with van der Waals surface area (Å²) in [5.74, 6) is -0.162. The fourth-order valence-corrected chi connectivity index (χ4v) is 9.29. The molecule has 3 atom stereocenters. The van der Waals surface area contributed by atoms with Crippen LogP contribution in [0.3, 0.4) is 0 Å². The molecule has 0 aromatic heterocycles. The highest BCUT2D eigenvalue weighted by Gasteiger charge is 2.24. The van der Waals surface area contributed by atoms with Crippen LogP contribution in [-0.4, -0.2) is 68.5 Å². The molecular weight excluding hydrogens is 816 g/mol. The van der Waals surface area contributed by atoms with Crippen LogP contribution in [0.1, 0.15) is 284 Å². The van der Waals surface area contributed by atoms with Crippen molar-refractivity contribution < 1.29 is 32.9 Å². The van der Waals surface area contributed by atoms with Gasteiger partial charge in [-0.25, -0.2) is 0 Å². The van der Waals surface area contributed by atoms with E-state index in [4.69, 9.17) is 9.05 Å². The average Bonchev–Trinajstić information content (AvgIpc) is 3.25. The number of quaternary nitrogens is 1. The van der Waals surface area contributed by atoms with E-state index in [1.807, 2.05) is 21.1 Å². The number of carbonyl (C=O) groups is 1. The Bertz CT molecular complexity index is 1050. The number of carbonyl (C=O) groups excluding carboxylic acids is 1. The third-order valence-corrected chi connectivity index (χ3v) is 14.0. The maximum Gasteiger partial charge on any atom is 0.268 e. The van der Waals surface area contributed by atoms with Crippen molar-refractivity contribution in [2.45, 2.75) is 296 Å². The lowest BCUT2D eigenvalue weighted by Crippen LogP contribution is -2.46. The molecule has 0 heterocycles. The second-order valence-corrected chi connectivity index (χ2v) is 22.1. The van der Waals surface area contributed by atoms with E-state index in [-0.39, 0.29) is 19.1 Å². The molecule has 0 aromatic rings. The first-order chi connectivity index (χ1) is 31.0. The third kappa shape index (κ3) is 49.2. The van der Waals surface area contributed by atoms with Crippen molar-refractivity contribution >= 4 is 13.7 Å². The first-order valence-corrected chi connectivity index (χ1v) is 29.5. The maximum absolute atomic E-state index is 13.0. The zero-order valence-electron chi connectivity index (χ0n) is 43.5. The van der Waals surface area contributed by atoms with Gasteiger partial charge in [-0.05, 0) is 38.5 Å². The Labute approximate surface area is 399 Å². The number of unbranched alkanes of at least 4 members (excludes halogenated alkanes) is 37. The Morgan fingerprint density at radius 2 is 0.859 bits per heavy atom. The summed E-state index contributed by atoms with van der Waals surface area (Å²) in [5, 5.41) is 14.0. The molecule has 0 aliphatic rings. The summed E-state index contributed by atoms with van der Waals surface area (Å²) >= 11 is 0. The third-order valence-electron chi connectivity index (χ3n) is 13.0. The second kappa shape index (κ2) is 47.3. The van der Waals surface area contributed by atoms with Crippen LogP contribution in [0.25, 0.3) is 0 Å². The standard InChI is InChI=1S/C55H111N2O6P/c1-6-8-10-12-14-16-18-20-22-24-25-26-27-28-29-30-31-32-33-35-37-39-41-43-45-47-49-55(59)56-53(52-63-64(60,61)62-51-50-57(3,4)5)54(58)48-46-44-42-40-38-36-34-23-21-19-17-15-13-11-9-7-2/h28-29,53-54,58H,6-27,30-52H2,1-5H3,(H-,56,59,60,61)/b29-28-. The molecule has 1 amide bonds. The van der Waals surface area contributed by atoms with Gasteiger partial charge in [-0.15, -0.1) is 0 Å². The Morgan fingerprint density at radius 1 is 0.531 bits per heavy atom. The van der Waals surface area contributed by atoms with Gasteiger partial charge in [0.15, 0.2) is 0 Å². The molecule has 0 fully saturated rings. The van der Waals surface area contributed by atoms with Gasteiger partial charge in [-0.2, -0.15) is 0 Å². The van der Waals surface area contributed by atoms with E-state index in [1.54, 1.807) is 0 Å². The van der Waals surface area contributed by atoms with Crippen molar-refractivity contribution in [2.24, 2.45) is 0 Å². The molecule has 0 saturated heterocycles. The summed E-state index contributed by atoms with van der Waals surface area (Å²) in [6.45, 7) is 4.76. The molecule has 0 aliphatic carbocycles. The van der Waals surface area contributed by atoms with E-state index in [9.17, 15) is 19.4 Å². The molecule has 8 nitrogen and oxygen atoms in total. The Morgan fingerprint density at radius 3 is 1.22 bits per heavy atom. The van der Waals surface area contributed by atoms with E-state index in [0.29, 0.717) is 23.9 Å². The number of nitrogens with one attached hydrogen (secondary N) is 1. The average molecular weight is 927 g/mol. The fraction of sp³-hybridized carbons (Fsp3) is 0.945. The van der Waals surface area contributed by atoms with Crippen LogP contribution in [0.15, 0.2) is 12.2 Å². The van der Waals surface area contributed by atoms with Crippen LogP contribution in [-0.2, 0) is 18.4 Å². The van der Waals surface area contributed by atoms with Gasteiger partial charge in [0.1, 0.15) is 13.2 Å². The SMILES string of the molecule is CCCCCCCCCCCCCC/C=C\CCCCCCCCCCCCC(=O)NC(COP(=O)([O-])OCC[N+](C)(C)C)C(O)CCCCCCCCCCCCCCCCCC. The van der Waals surface area contributed by atoms with E-state index < -0.39 is 20.0 Å². The van der Waals surface area contributed by atoms with Crippen LogP contribution in [0.2, 0.25) is 0 Å². The quantitative estimate of drug-likeness (QED) is 0.0272. The highest BCUT2D eigenvalue weighted by Crippen LogP contribution is 2.38. The molecule has 0 saturated carbocycles. The number of hydrogen-bond acceptors (Lipinski definition) is 6. The molecule has 3 unspecified atom stereocenters. The minimum atomic E-state index is -4.57. The summed E-state index contributed by atoms with van der Waals surface area (Å²) in [7, 11) is 1.32. The Kier molecular flexibility index (Phi) is 46.8. The number of rotatable bonds is 52. The lowest BCUT2D eigenvalue weighted by atomic mass is 10.0. The van der Waals surface area contributed by atoms with Crippen LogP contribution < -0.4 is 10.2 Å². The van der Waals surface area contributed by atoms with E-state index in [0.717, 1.165) is 38.5 Å². The van der Waals surface area contributed by atoms with Gasteiger partial charge in [0.2, 0.25) is 5.91 Å². The topological polar surface area (TPSA) is 108 Å². The van der Waals surface area contributed by atoms with Crippen molar-refractivity contribution in [3.8, 4) is 0 Å². The first-order valence-electron chi connectivity index (χ1n) is 28.0. The number of aliphatic hydroxyl groups is 1. The number of nitrogens with zero attached hydrogens (tertiary/aromatic N) is 1. The minimum absolute atomic E-state index is 0.0144.